The summed E-state index contributed by atoms with van der Waals surface area (Å²) < 4.78 is 1.43. The van der Waals surface area contributed by atoms with E-state index >= 15 is 0 Å². The zero-order valence-corrected chi connectivity index (χ0v) is 9.18. The molecule has 0 aromatic carbocycles. The molecule has 0 bridgehead atoms. The molecule has 1 aromatic heterocycles. The van der Waals surface area contributed by atoms with Crippen LogP contribution in [0.25, 0.3) is 0 Å². The number of aliphatic hydroxyl groups is 1. The van der Waals surface area contributed by atoms with Gasteiger partial charge in [-0.3, -0.25) is 9.58 Å². The fourth-order valence-electron chi connectivity index (χ4n) is 2.17. The summed E-state index contributed by atoms with van der Waals surface area (Å²) in [6.45, 7) is 2.13. The maximum Gasteiger partial charge on any atom is 0.354 e. The van der Waals surface area contributed by atoms with Gasteiger partial charge in [0.15, 0.2) is 0 Å². The maximum atomic E-state index is 11.0. The SMILES string of the molecule is Cn1nc2c(c1C(=O)O)CCN(CCO)C2. The number of carboxylic acids is 1. The highest BCUT2D eigenvalue weighted by molar-refractivity contribution is 5.87. The number of fused-ring (bicyclic) bond motifs is 1. The van der Waals surface area contributed by atoms with E-state index in [2.05, 4.69) is 10.00 Å². The molecule has 0 unspecified atom stereocenters. The van der Waals surface area contributed by atoms with Crippen LogP contribution in [0.4, 0.5) is 0 Å². The minimum atomic E-state index is -0.924. The lowest BCUT2D eigenvalue weighted by Gasteiger charge is -2.24. The lowest BCUT2D eigenvalue weighted by molar-refractivity contribution is 0.0683. The second kappa shape index (κ2) is 4.23. The van der Waals surface area contributed by atoms with Gasteiger partial charge in [-0.1, -0.05) is 0 Å². The molecule has 6 nitrogen and oxygen atoms in total. The average molecular weight is 225 g/mol. The van der Waals surface area contributed by atoms with Crippen LogP contribution in [-0.2, 0) is 20.0 Å². The van der Waals surface area contributed by atoms with E-state index in [4.69, 9.17) is 10.2 Å². The maximum absolute atomic E-state index is 11.0. The van der Waals surface area contributed by atoms with Gasteiger partial charge in [-0.2, -0.15) is 5.10 Å². The summed E-state index contributed by atoms with van der Waals surface area (Å²) in [4.78, 5) is 13.1. The van der Waals surface area contributed by atoms with Crippen molar-refractivity contribution in [2.45, 2.75) is 13.0 Å². The number of carbonyl (C=O) groups is 1. The number of aromatic nitrogens is 2. The smallest absolute Gasteiger partial charge is 0.354 e. The first-order valence-electron chi connectivity index (χ1n) is 5.24. The molecule has 0 radical (unpaired) electrons. The molecule has 2 rings (SSSR count). The predicted molar refractivity (Wildman–Crippen MR) is 56.2 cm³/mol. The standard InChI is InChI=1S/C10H15N3O3/c1-12-9(10(15)16)7-2-3-13(4-5-14)6-8(7)11-12/h14H,2-6H2,1H3,(H,15,16). The van der Waals surface area contributed by atoms with Crippen molar-refractivity contribution < 1.29 is 15.0 Å². The number of rotatable bonds is 3. The van der Waals surface area contributed by atoms with Crippen molar-refractivity contribution in [1.29, 1.82) is 0 Å². The molecule has 0 saturated heterocycles. The van der Waals surface area contributed by atoms with Crippen LogP contribution in [0.5, 0.6) is 0 Å². The van der Waals surface area contributed by atoms with Crippen LogP contribution in [0.1, 0.15) is 21.7 Å². The number of hydrogen-bond acceptors (Lipinski definition) is 4. The molecule has 1 aliphatic rings. The Morgan fingerprint density at radius 1 is 1.56 bits per heavy atom. The number of carboxylic acid groups (broad SMARTS) is 1. The molecule has 1 aromatic rings. The zero-order chi connectivity index (χ0) is 11.7. The average Bonchev–Trinajstić information content (AvgIpc) is 2.53. The quantitative estimate of drug-likeness (QED) is 0.723. The second-order valence-corrected chi connectivity index (χ2v) is 3.95. The molecule has 0 saturated carbocycles. The Labute approximate surface area is 93.1 Å². The first-order chi connectivity index (χ1) is 7.63. The van der Waals surface area contributed by atoms with Crippen molar-refractivity contribution >= 4 is 5.97 Å². The number of hydrogen-bond donors (Lipinski definition) is 2. The van der Waals surface area contributed by atoms with Gasteiger partial charge in [-0.05, 0) is 6.42 Å². The van der Waals surface area contributed by atoms with Crippen molar-refractivity contribution in [2.75, 3.05) is 19.7 Å². The lowest BCUT2D eigenvalue weighted by atomic mass is 10.0. The Balaban J connectivity index is 2.28. The lowest BCUT2D eigenvalue weighted by Crippen LogP contribution is -2.33. The number of β-amino-alcohol motifs (C(OH)–C–C–N with tert-alkyl or cyclic N) is 1. The van der Waals surface area contributed by atoms with Crippen LogP contribution in [0.15, 0.2) is 0 Å². The minimum Gasteiger partial charge on any atom is -0.477 e. The van der Waals surface area contributed by atoms with E-state index in [-0.39, 0.29) is 6.61 Å². The number of aryl methyl sites for hydroxylation is 1. The van der Waals surface area contributed by atoms with Gasteiger partial charge < -0.3 is 10.2 Å². The summed E-state index contributed by atoms with van der Waals surface area (Å²) in [7, 11) is 1.65. The third kappa shape index (κ3) is 1.81. The molecule has 2 N–H and O–H groups in total. The molecule has 6 heteroatoms. The fourth-order valence-corrected chi connectivity index (χ4v) is 2.17. The molecule has 16 heavy (non-hydrogen) atoms. The third-order valence-electron chi connectivity index (χ3n) is 2.90. The Morgan fingerprint density at radius 2 is 2.31 bits per heavy atom. The molecule has 0 spiro atoms. The normalized spacial score (nSPS) is 16.1. The van der Waals surface area contributed by atoms with Gasteiger partial charge in [0.2, 0.25) is 0 Å². The van der Waals surface area contributed by atoms with Gasteiger partial charge in [0.05, 0.1) is 12.3 Å². The van der Waals surface area contributed by atoms with E-state index in [1.165, 1.54) is 4.68 Å². The Morgan fingerprint density at radius 3 is 2.94 bits per heavy atom. The predicted octanol–water partition coefficient (Wildman–Crippen LogP) is -0.531. The van der Waals surface area contributed by atoms with Crippen molar-refractivity contribution in [3.63, 3.8) is 0 Å². The third-order valence-corrected chi connectivity index (χ3v) is 2.90. The molecular formula is C10H15N3O3. The first kappa shape index (κ1) is 11.1. The Bertz CT molecular complexity index is 414. The fraction of sp³-hybridized carbons (Fsp3) is 0.600. The number of aromatic carboxylic acids is 1. The summed E-state index contributed by atoms with van der Waals surface area (Å²) in [5, 5.41) is 22.1. The van der Waals surface area contributed by atoms with Crippen molar-refractivity contribution in [2.24, 2.45) is 7.05 Å². The molecule has 0 amide bonds. The van der Waals surface area contributed by atoms with Crippen LogP contribution in [0.3, 0.4) is 0 Å². The summed E-state index contributed by atoms with van der Waals surface area (Å²) in [6, 6.07) is 0. The monoisotopic (exact) mass is 225 g/mol. The highest BCUT2D eigenvalue weighted by Gasteiger charge is 2.26. The van der Waals surface area contributed by atoms with Crippen molar-refractivity contribution in [3.8, 4) is 0 Å². The summed E-state index contributed by atoms with van der Waals surface area (Å²) in [5.41, 5.74) is 1.95. The topological polar surface area (TPSA) is 78.6 Å². The van der Waals surface area contributed by atoms with Crippen LogP contribution in [0.2, 0.25) is 0 Å². The van der Waals surface area contributed by atoms with Gasteiger partial charge in [-0.15, -0.1) is 0 Å². The molecule has 0 atom stereocenters. The van der Waals surface area contributed by atoms with Crippen LogP contribution >= 0.6 is 0 Å². The summed E-state index contributed by atoms with van der Waals surface area (Å²) >= 11 is 0. The number of nitrogens with zero attached hydrogens (tertiary/aromatic N) is 3. The molecule has 88 valence electrons. The van der Waals surface area contributed by atoms with E-state index in [9.17, 15) is 4.79 Å². The Kier molecular flexibility index (Phi) is 2.93. The molecule has 0 aliphatic carbocycles. The van der Waals surface area contributed by atoms with E-state index in [1.54, 1.807) is 7.05 Å². The van der Waals surface area contributed by atoms with Gasteiger partial charge in [0.25, 0.3) is 0 Å². The van der Waals surface area contributed by atoms with Gasteiger partial charge >= 0.3 is 5.97 Å². The minimum absolute atomic E-state index is 0.119. The van der Waals surface area contributed by atoms with Gasteiger partial charge in [-0.25, -0.2) is 4.79 Å². The first-order valence-corrected chi connectivity index (χ1v) is 5.24. The van der Waals surface area contributed by atoms with Gasteiger partial charge in [0, 0.05) is 32.2 Å². The highest BCUT2D eigenvalue weighted by atomic mass is 16.4. The van der Waals surface area contributed by atoms with E-state index in [1.807, 2.05) is 0 Å². The molecule has 0 fully saturated rings. The zero-order valence-electron chi connectivity index (χ0n) is 9.18. The van der Waals surface area contributed by atoms with E-state index < -0.39 is 5.97 Å². The second-order valence-electron chi connectivity index (χ2n) is 3.95. The summed E-state index contributed by atoms with van der Waals surface area (Å²) in [5.74, 6) is -0.924. The van der Waals surface area contributed by atoms with Gasteiger partial charge in [0.1, 0.15) is 5.69 Å². The van der Waals surface area contributed by atoms with E-state index in [0.29, 0.717) is 25.2 Å². The largest absolute Gasteiger partial charge is 0.477 e. The van der Waals surface area contributed by atoms with Crippen molar-refractivity contribution in [1.82, 2.24) is 14.7 Å². The number of aliphatic hydroxyl groups excluding tert-OH is 1. The Hall–Kier alpha value is -1.40. The van der Waals surface area contributed by atoms with Crippen LogP contribution in [0, 0.1) is 0 Å². The molecule has 1 aliphatic heterocycles. The summed E-state index contributed by atoms with van der Waals surface area (Å²) in [6.07, 6.45) is 0.685. The van der Waals surface area contributed by atoms with Crippen LogP contribution < -0.4 is 0 Å². The molecule has 2 heterocycles. The van der Waals surface area contributed by atoms with E-state index in [0.717, 1.165) is 17.8 Å². The van der Waals surface area contributed by atoms with Crippen LogP contribution in [-0.4, -0.2) is 50.6 Å². The van der Waals surface area contributed by atoms with Crippen molar-refractivity contribution in [3.05, 3.63) is 17.0 Å². The molecular weight excluding hydrogens is 210 g/mol. The highest BCUT2D eigenvalue weighted by Crippen LogP contribution is 2.21.